The Kier molecular flexibility index (Phi) is 7.84. The number of imidazole rings is 1. The molecule has 1 aliphatic carbocycles. The molecule has 3 heterocycles. The molecule has 3 aromatic heterocycles. The summed E-state index contributed by atoms with van der Waals surface area (Å²) in [6.45, 7) is 10.4. The predicted octanol–water partition coefficient (Wildman–Crippen LogP) is 9.17. The van der Waals surface area contributed by atoms with Gasteiger partial charge in [-0.2, -0.15) is 0 Å². The molecule has 0 amide bonds. The van der Waals surface area contributed by atoms with Crippen LogP contribution in [0.3, 0.4) is 0 Å². The molecule has 0 atom stereocenters. The van der Waals surface area contributed by atoms with E-state index < -0.39 is 0 Å². The molecule has 5 rings (SSSR count). The quantitative estimate of drug-likeness (QED) is 0.290. The highest BCUT2D eigenvalue weighted by Gasteiger charge is 2.20. The number of aromatic amines is 1. The number of nitrogens with one attached hydrogen (secondary N) is 1. The van der Waals surface area contributed by atoms with Gasteiger partial charge < -0.3 is 9.55 Å². The van der Waals surface area contributed by atoms with Crippen LogP contribution in [-0.4, -0.2) is 19.5 Å². The van der Waals surface area contributed by atoms with Gasteiger partial charge in [-0.15, -0.1) is 0 Å². The highest BCUT2D eigenvalue weighted by Crippen LogP contribution is 2.35. The summed E-state index contributed by atoms with van der Waals surface area (Å²) >= 11 is 0. The van der Waals surface area contributed by atoms with Crippen molar-refractivity contribution in [1.82, 2.24) is 19.5 Å². The van der Waals surface area contributed by atoms with E-state index in [0.29, 0.717) is 11.6 Å². The molecule has 35 heavy (non-hydrogen) atoms. The SMILES string of the molecule is CC.CCCC(CCC)n1c(C)nc2c(F)cc(-c3c[nH]c4ncc(C5=CCCC=C5)cc34)cc21.[HH]. The molecule has 1 N–H and O–H groups in total. The van der Waals surface area contributed by atoms with Crippen LogP contribution >= 0.6 is 0 Å². The predicted molar refractivity (Wildman–Crippen MR) is 148 cm³/mol. The van der Waals surface area contributed by atoms with E-state index in [4.69, 9.17) is 0 Å². The number of H-pyrrole nitrogens is 1. The number of halogens is 1. The van der Waals surface area contributed by atoms with Gasteiger partial charge >= 0.3 is 0 Å². The summed E-state index contributed by atoms with van der Waals surface area (Å²) in [4.78, 5) is 12.5. The highest BCUT2D eigenvalue weighted by atomic mass is 19.1. The number of allylic oxidation sites excluding steroid dienone is 4. The molecule has 0 bridgehead atoms. The maximum atomic E-state index is 15.3. The average Bonchev–Trinajstić information content (AvgIpc) is 3.46. The fourth-order valence-corrected chi connectivity index (χ4v) is 5.18. The molecule has 5 heteroatoms. The summed E-state index contributed by atoms with van der Waals surface area (Å²) < 4.78 is 17.6. The van der Waals surface area contributed by atoms with Crippen LogP contribution in [0.4, 0.5) is 4.39 Å². The second-order valence-corrected chi connectivity index (χ2v) is 9.05. The molecule has 4 aromatic rings. The van der Waals surface area contributed by atoms with E-state index in [-0.39, 0.29) is 7.24 Å². The maximum absolute atomic E-state index is 15.3. The molecule has 4 nitrogen and oxygen atoms in total. The Hall–Kier alpha value is -3.21. The van der Waals surface area contributed by atoms with E-state index in [1.165, 1.54) is 5.57 Å². The zero-order valence-corrected chi connectivity index (χ0v) is 21.7. The second-order valence-electron chi connectivity index (χ2n) is 9.05. The first-order valence-corrected chi connectivity index (χ1v) is 13.1. The van der Waals surface area contributed by atoms with Gasteiger partial charge in [0.15, 0.2) is 5.82 Å². The van der Waals surface area contributed by atoms with Crippen molar-refractivity contribution in [3.63, 3.8) is 0 Å². The van der Waals surface area contributed by atoms with Crippen molar-refractivity contribution in [2.75, 3.05) is 0 Å². The summed E-state index contributed by atoms with van der Waals surface area (Å²) in [6, 6.07) is 6.22. The third kappa shape index (κ3) is 4.82. The van der Waals surface area contributed by atoms with Gasteiger partial charge in [0.2, 0.25) is 0 Å². The van der Waals surface area contributed by atoms with Crippen LogP contribution in [0.2, 0.25) is 0 Å². The van der Waals surface area contributed by atoms with E-state index >= 15 is 4.39 Å². The molecular weight excluding hydrogens is 435 g/mol. The van der Waals surface area contributed by atoms with Crippen molar-refractivity contribution in [1.29, 1.82) is 0 Å². The first kappa shape index (κ1) is 24.9. The van der Waals surface area contributed by atoms with E-state index in [0.717, 1.165) is 77.6 Å². The Morgan fingerprint density at radius 1 is 1.09 bits per heavy atom. The molecule has 0 aliphatic heterocycles. The minimum absolute atomic E-state index is 0. The lowest BCUT2D eigenvalue weighted by atomic mass is 9.98. The van der Waals surface area contributed by atoms with Gasteiger partial charge in [-0.05, 0) is 61.9 Å². The Morgan fingerprint density at radius 2 is 1.86 bits per heavy atom. The van der Waals surface area contributed by atoms with E-state index in [9.17, 15) is 0 Å². The van der Waals surface area contributed by atoms with Gasteiger partial charge in [0.05, 0.1) is 5.52 Å². The summed E-state index contributed by atoms with van der Waals surface area (Å²) in [6.07, 6.45) is 16.9. The molecule has 0 radical (unpaired) electrons. The molecule has 1 aromatic carbocycles. The van der Waals surface area contributed by atoms with Crippen LogP contribution in [-0.2, 0) is 0 Å². The molecule has 0 spiro atoms. The first-order chi connectivity index (χ1) is 17.1. The third-order valence-corrected chi connectivity index (χ3v) is 6.70. The lowest BCUT2D eigenvalue weighted by molar-refractivity contribution is 0.428. The van der Waals surface area contributed by atoms with E-state index in [1.54, 1.807) is 6.07 Å². The molecule has 0 unspecified atom stereocenters. The van der Waals surface area contributed by atoms with Gasteiger partial charge in [0, 0.05) is 36.4 Å². The second kappa shape index (κ2) is 11.0. The first-order valence-electron chi connectivity index (χ1n) is 13.1. The number of aryl methyl sites for hydroxylation is 1. The molecule has 0 saturated heterocycles. The molecule has 0 saturated carbocycles. The maximum Gasteiger partial charge on any atom is 0.151 e. The minimum atomic E-state index is -0.271. The number of hydrogen-bond donors (Lipinski definition) is 1. The molecule has 186 valence electrons. The van der Waals surface area contributed by atoms with Crippen LogP contribution < -0.4 is 0 Å². The van der Waals surface area contributed by atoms with Gasteiger partial charge in [-0.3, -0.25) is 0 Å². The fourth-order valence-electron chi connectivity index (χ4n) is 5.18. The van der Waals surface area contributed by atoms with E-state index in [2.05, 4.69) is 63.7 Å². The molecular formula is C30H39FN4. The van der Waals surface area contributed by atoms with Gasteiger partial charge in [0.25, 0.3) is 0 Å². The number of benzene rings is 1. The lowest BCUT2D eigenvalue weighted by Crippen LogP contribution is -2.10. The van der Waals surface area contributed by atoms with Gasteiger partial charge in [0.1, 0.15) is 17.0 Å². The van der Waals surface area contributed by atoms with Crippen molar-refractivity contribution in [3.8, 4) is 11.1 Å². The van der Waals surface area contributed by atoms with Gasteiger partial charge in [-0.25, -0.2) is 14.4 Å². The number of hydrogen-bond acceptors (Lipinski definition) is 2. The summed E-state index contributed by atoms with van der Waals surface area (Å²) in [5, 5.41) is 1.01. The van der Waals surface area contributed by atoms with Crippen LogP contribution in [0.15, 0.2) is 48.8 Å². The summed E-state index contributed by atoms with van der Waals surface area (Å²) in [7, 11) is 0. The smallest absolute Gasteiger partial charge is 0.151 e. The summed E-state index contributed by atoms with van der Waals surface area (Å²) in [5.74, 6) is 0.610. The average molecular weight is 475 g/mol. The molecule has 1 aliphatic rings. The standard InChI is InChI=1S/C28H31FN4.C2H6.H2/c1-4-9-22(10-5-2)33-18(3)32-27-25(29)14-20(15-26(27)33)24-17-31-28-23(24)13-21(16-30-28)19-11-7-6-8-12-19;1-2;/h7,11-17,22H,4-6,8-10H2,1-3H3,(H,30,31);1-2H3;1H. The lowest BCUT2D eigenvalue weighted by Gasteiger charge is -2.20. The van der Waals surface area contributed by atoms with Crippen molar-refractivity contribution in [2.45, 2.75) is 79.2 Å². The highest BCUT2D eigenvalue weighted by molar-refractivity contribution is 5.97. The van der Waals surface area contributed by atoms with Crippen molar-refractivity contribution < 1.29 is 5.82 Å². The van der Waals surface area contributed by atoms with Crippen molar-refractivity contribution in [2.24, 2.45) is 0 Å². The fraction of sp³-hybridized carbons (Fsp3) is 0.400. The van der Waals surface area contributed by atoms with Crippen molar-refractivity contribution >= 4 is 27.6 Å². The topological polar surface area (TPSA) is 46.5 Å². The minimum Gasteiger partial charge on any atom is -0.346 e. The van der Waals surface area contributed by atoms with Crippen LogP contribution in [0.25, 0.3) is 38.8 Å². The van der Waals surface area contributed by atoms with Gasteiger partial charge in [-0.1, -0.05) is 58.8 Å². The number of aromatic nitrogens is 4. The Morgan fingerprint density at radius 3 is 2.54 bits per heavy atom. The number of rotatable bonds is 7. The van der Waals surface area contributed by atoms with E-state index in [1.807, 2.05) is 33.2 Å². The Bertz CT molecular complexity index is 1370. The monoisotopic (exact) mass is 474 g/mol. The number of pyridine rings is 1. The Balaban J connectivity index is 0.00000117. The third-order valence-electron chi connectivity index (χ3n) is 6.70. The summed E-state index contributed by atoms with van der Waals surface area (Å²) in [5.41, 5.74) is 6.26. The van der Waals surface area contributed by atoms with Crippen molar-refractivity contribution in [3.05, 3.63) is 66.0 Å². The Labute approximate surface area is 209 Å². The van der Waals surface area contributed by atoms with Crippen LogP contribution in [0, 0.1) is 12.7 Å². The number of nitrogens with zero attached hydrogens (tertiary/aromatic N) is 3. The molecule has 0 fully saturated rings. The van der Waals surface area contributed by atoms with Crippen LogP contribution in [0.5, 0.6) is 0 Å². The number of fused-ring (bicyclic) bond motifs is 2. The van der Waals surface area contributed by atoms with Crippen LogP contribution in [0.1, 0.15) is 85.1 Å². The normalized spacial score (nSPS) is 13.4. The largest absolute Gasteiger partial charge is 0.346 e. The zero-order chi connectivity index (χ0) is 24.9. The zero-order valence-electron chi connectivity index (χ0n) is 21.7.